The fourth-order valence-electron chi connectivity index (χ4n) is 6.12. The van der Waals surface area contributed by atoms with Crippen molar-refractivity contribution in [3.8, 4) is 11.4 Å². The summed E-state index contributed by atoms with van der Waals surface area (Å²) in [6.45, 7) is 8.80. The molecule has 0 amide bonds. The fraction of sp³-hybridized carbons (Fsp3) is 0.419. The van der Waals surface area contributed by atoms with E-state index in [1.54, 1.807) is 6.07 Å². The Morgan fingerprint density at radius 1 is 1.08 bits per heavy atom. The number of rotatable bonds is 5. The van der Waals surface area contributed by atoms with E-state index in [0.29, 0.717) is 17.8 Å². The van der Waals surface area contributed by atoms with E-state index in [4.69, 9.17) is 4.74 Å². The molecule has 4 heterocycles. The highest BCUT2D eigenvalue weighted by Crippen LogP contribution is 2.40. The normalized spacial score (nSPS) is 24.5. The smallest absolute Gasteiger partial charge is 0.150 e. The average molecular weight is 517 g/mol. The fourth-order valence-corrected chi connectivity index (χ4v) is 6.12. The first-order valence-corrected chi connectivity index (χ1v) is 13.8. The number of nitrogens with one attached hydrogen (secondary N) is 1. The minimum atomic E-state index is -0.443. The first-order valence-electron chi connectivity index (χ1n) is 13.8. The Balaban J connectivity index is 1.35. The lowest BCUT2D eigenvalue weighted by atomic mass is 9.94. The Hall–Kier alpha value is -3.13. The van der Waals surface area contributed by atoms with E-state index in [9.17, 15) is 9.50 Å². The van der Waals surface area contributed by atoms with Crippen molar-refractivity contribution in [3.05, 3.63) is 83.4 Å². The predicted octanol–water partition coefficient (Wildman–Crippen LogP) is 5.48. The number of anilines is 1. The number of ether oxygens (including phenoxy) is 1. The van der Waals surface area contributed by atoms with E-state index < -0.39 is 5.82 Å². The molecule has 3 aromatic rings. The number of phenolic OH excluding ortho intramolecular Hbond substituents is 1. The van der Waals surface area contributed by atoms with Crippen molar-refractivity contribution in [3.63, 3.8) is 0 Å². The molecule has 6 rings (SSSR count). The molecule has 0 radical (unpaired) electrons. The number of aromatic hydroxyl groups is 1. The minimum absolute atomic E-state index is 0.0279. The van der Waals surface area contributed by atoms with Crippen LogP contribution in [0.3, 0.4) is 0 Å². The van der Waals surface area contributed by atoms with Gasteiger partial charge in [-0.15, -0.1) is 0 Å². The maximum Gasteiger partial charge on any atom is 0.150 e. The van der Waals surface area contributed by atoms with Gasteiger partial charge in [0.2, 0.25) is 0 Å². The molecule has 2 aromatic carbocycles. The molecular formula is C31H37FN4O2. The summed E-state index contributed by atoms with van der Waals surface area (Å²) in [6.07, 6.45) is 7.36. The summed E-state index contributed by atoms with van der Waals surface area (Å²) >= 11 is 0. The maximum atomic E-state index is 14.9. The van der Waals surface area contributed by atoms with Gasteiger partial charge in [-0.05, 0) is 62.0 Å². The van der Waals surface area contributed by atoms with Gasteiger partial charge in [-0.2, -0.15) is 0 Å². The van der Waals surface area contributed by atoms with Gasteiger partial charge >= 0.3 is 0 Å². The number of fused-ring (bicyclic) bond motifs is 1. The highest BCUT2D eigenvalue weighted by atomic mass is 19.1. The first kappa shape index (κ1) is 25.2. The highest BCUT2D eigenvalue weighted by Gasteiger charge is 2.34. The van der Waals surface area contributed by atoms with E-state index in [-0.39, 0.29) is 12.0 Å². The van der Waals surface area contributed by atoms with Gasteiger partial charge in [0.1, 0.15) is 12.0 Å². The van der Waals surface area contributed by atoms with Gasteiger partial charge in [-0.3, -0.25) is 4.90 Å². The molecule has 0 aliphatic carbocycles. The lowest BCUT2D eigenvalue weighted by Gasteiger charge is -2.42. The average Bonchev–Trinajstić information content (AvgIpc) is 3.37. The third kappa shape index (κ3) is 4.86. The molecule has 0 saturated carbocycles. The molecule has 2 fully saturated rings. The highest BCUT2D eigenvalue weighted by molar-refractivity contribution is 5.83. The van der Waals surface area contributed by atoms with Crippen molar-refractivity contribution >= 4 is 11.3 Å². The van der Waals surface area contributed by atoms with Gasteiger partial charge in [-0.1, -0.05) is 30.3 Å². The summed E-state index contributed by atoms with van der Waals surface area (Å²) in [5.41, 5.74) is 6.61. The van der Waals surface area contributed by atoms with E-state index in [1.807, 2.05) is 10.8 Å². The number of piperazine rings is 1. The molecule has 6 nitrogen and oxygen atoms in total. The van der Waals surface area contributed by atoms with Crippen LogP contribution in [0.15, 0.2) is 66.5 Å². The van der Waals surface area contributed by atoms with Crippen LogP contribution in [-0.4, -0.2) is 59.6 Å². The number of benzene rings is 2. The monoisotopic (exact) mass is 516 g/mol. The lowest BCUT2D eigenvalue weighted by Crippen LogP contribution is -2.52. The van der Waals surface area contributed by atoms with Crippen LogP contribution in [0.5, 0.6) is 5.75 Å². The van der Waals surface area contributed by atoms with Crippen molar-refractivity contribution in [1.29, 1.82) is 0 Å². The van der Waals surface area contributed by atoms with Gasteiger partial charge in [0.25, 0.3) is 0 Å². The largest absolute Gasteiger partial charge is 0.508 e. The van der Waals surface area contributed by atoms with Gasteiger partial charge in [-0.25, -0.2) is 4.39 Å². The van der Waals surface area contributed by atoms with E-state index in [2.05, 4.69) is 65.5 Å². The van der Waals surface area contributed by atoms with Crippen molar-refractivity contribution in [2.45, 2.75) is 51.4 Å². The van der Waals surface area contributed by atoms with Gasteiger partial charge in [0.05, 0.1) is 11.4 Å². The van der Waals surface area contributed by atoms with E-state index >= 15 is 0 Å². The van der Waals surface area contributed by atoms with Crippen LogP contribution >= 0.6 is 0 Å². The Morgan fingerprint density at radius 3 is 2.68 bits per heavy atom. The van der Waals surface area contributed by atoms with Crippen LogP contribution in [0.1, 0.15) is 50.3 Å². The van der Waals surface area contributed by atoms with Gasteiger partial charge < -0.3 is 24.6 Å². The van der Waals surface area contributed by atoms with Gasteiger partial charge in [0.15, 0.2) is 5.82 Å². The molecule has 200 valence electrons. The molecule has 3 aliphatic rings. The van der Waals surface area contributed by atoms with Crippen LogP contribution in [0, 0.1) is 5.82 Å². The third-order valence-corrected chi connectivity index (χ3v) is 8.34. The zero-order chi connectivity index (χ0) is 26.2. The zero-order valence-corrected chi connectivity index (χ0v) is 22.2. The molecule has 3 atom stereocenters. The van der Waals surface area contributed by atoms with Crippen LogP contribution < -0.4 is 10.2 Å². The summed E-state index contributed by atoms with van der Waals surface area (Å²) in [5.74, 6) is -0.515. The Bertz CT molecular complexity index is 1310. The molecule has 2 N–H and O–H groups in total. The van der Waals surface area contributed by atoms with Crippen molar-refractivity contribution in [1.82, 2.24) is 14.8 Å². The molecule has 7 heteroatoms. The molecule has 2 saturated heterocycles. The van der Waals surface area contributed by atoms with Crippen molar-refractivity contribution in [2.24, 2.45) is 0 Å². The molecule has 3 aliphatic heterocycles. The topological polar surface area (TPSA) is 52.9 Å². The van der Waals surface area contributed by atoms with Crippen molar-refractivity contribution < 1.29 is 14.2 Å². The number of hydrogen-bond acceptors (Lipinski definition) is 5. The molecule has 1 aromatic heterocycles. The minimum Gasteiger partial charge on any atom is -0.508 e. The number of hydrogen-bond donors (Lipinski definition) is 2. The standard InChI is InChI=1S/C31H37FN4O2/c1-21-16-36(31-10-6-7-13-38-31)30-20-35(29-12-11-24(37)14-27(29)32)18-26(30)25(21)17-34-19-28(33-15-22(34)2)23-8-4-3-5-9-23/h3-5,8-9,11-12,14,18,20,22,28,31,33,37H,6-7,10,13,15-17,19H2,1-2H3/t22-,28-,31?/m0/s1. The molecular weight excluding hydrogens is 479 g/mol. The lowest BCUT2D eigenvalue weighted by molar-refractivity contribution is 0.0151. The van der Waals surface area contributed by atoms with E-state index in [1.165, 1.54) is 28.8 Å². The van der Waals surface area contributed by atoms with Crippen LogP contribution in [-0.2, 0) is 4.74 Å². The number of aromatic nitrogens is 1. The quantitative estimate of drug-likeness (QED) is 0.471. The molecule has 0 bridgehead atoms. The molecule has 1 unspecified atom stereocenters. The second-order valence-electron chi connectivity index (χ2n) is 11.0. The van der Waals surface area contributed by atoms with Crippen LogP contribution in [0.4, 0.5) is 10.1 Å². The number of nitrogens with zero attached hydrogens (tertiary/aromatic N) is 3. The summed E-state index contributed by atoms with van der Waals surface area (Å²) in [5, 5.41) is 13.5. The second-order valence-corrected chi connectivity index (χ2v) is 11.0. The summed E-state index contributed by atoms with van der Waals surface area (Å²) in [4.78, 5) is 4.93. The Kier molecular flexibility index (Phi) is 6.99. The van der Waals surface area contributed by atoms with Crippen LogP contribution in [0.25, 0.3) is 11.3 Å². The SMILES string of the molecule is CC1=C(CN2C[C@@H](c3ccccc3)NC[C@@H]2C)c2cn(-c3ccc(O)cc3F)cc2N(C2CCCCO2)C1. The Labute approximate surface area is 224 Å². The molecule has 38 heavy (non-hydrogen) atoms. The zero-order valence-electron chi connectivity index (χ0n) is 22.2. The van der Waals surface area contributed by atoms with Crippen molar-refractivity contribution in [2.75, 3.05) is 37.7 Å². The summed E-state index contributed by atoms with van der Waals surface area (Å²) < 4.78 is 23.0. The first-order chi connectivity index (χ1) is 18.5. The maximum absolute atomic E-state index is 14.9. The Morgan fingerprint density at radius 2 is 1.92 bits per heavy atom. The predicted molar refractivity (Wildman–Crippen MR) is 149 cm³/mol. The van der Waals surface area contributed by atoms with E-state index in [0.717, 1.165) is 63.3 Å². The van der Waals surface area contributed by atoms with Gasteiger partial charge in [0, 0.05) is 68.9 Å². The summed E-state index contributed by atoms with van der Waals surface area (Å²) in [6, 6.07) is 15.7. The number of phenols is 1. The third-order valence-electron chi connectivity index (χ3n) is 8.34. The molecule has 0 spiro atoms. The number of halogens is 1. The van der Waals surface area contributed by atoms with Crippen LogP contribution in [0.2, 0.25) is 0 Å². The summed E-state index contributed by atoms with van der Waals surface area (Å²) in [7, 11) is 0. The second kappa shape index (κ2) is 10.6.